The number of hydrogen-bond acceptors (Lipinski definition) is 5. The number of ether oxygens (including phenoxy) is 2. The second-order valence-corrected chi connectivity index (χ2v) is 9.43. The molecule has 3 aromatic rings. The molecule has 0 bridgehead atoms. The number of rotatable bonds is 5. The van der Waals surface area contributed by atoms with Gasteiger partial charge in [-0.1, -0.05) is 29.8 Å². The van der Waals surface area contributed by atoms with Crippen LogP contribution in [0.25, 0.3) is 16.9 Å². The predicted molar refractivity (Wildman–Crippen MR) is 136 cm³/mol. The molecular weight excluding hydrogens is 456 g/mol. The molecule has 8 nitrogen and oxygen atoms in total. The third-order valence-corrected chi connectivity index (χ3v) is 6.97. The average molecular weight is 489 g/mol. The first-order valence-electron chi connectivity index (χ1n) is 12.5. The fraction of sp³-hybridized carbons (Fsp3) is 0.393. The molecule has 2 fully saturated rings. The Balaban J connectivity index is 1.45. The van der Waals surface area contributed by atoms with E-state index < -0.39 is 0 Å². The number of carbonyl (C=O) groups is 2. The van der Waals surface area contributed by atoms with Crippen molar-refractivity contribution in [1.82, 2.24) is 19.6 Å². The highest BCUT2D eigenvalue weighted by atomic mass is 16.5. The van der Waals surface area contributed by atoms with E-state index >= 15 is 0 Å². The van der Waals surface area contributed by atoms with Crippen molar-refractivity contribution in [3.8, 4) is 22.7 Å². The lowest BCUT2D eigenvalue weighted by Gasteiger charge is -2.36. The van der Waals surface area contributed by atoms with E-state index in [1.54, 1.807) is 18.0 Å². The van der Waals surface area contributed by atoms with Gasteiger partial charge in [0.25, 0.3) is 5.91 Å². The third kappa shape index (κ3) is 4.99. The van der Waals surface area contributed by atoms with Crippen LogP contribution in [0.15, 0.2) is 54.7 Å². The minimum absolute atomic E-state index is 0.106. The maximum Gasteiger partial charge on any atom is 0.257 e. The molecule has 1 aromatic heterocycles. The number of morpholine rings is 1. The van der Waals surface area contributed by atoms with Crippen LogP contribution in [0, 0.1) is 12.8 Å². The highest BCUT2D eigenvalue weighted by Gasteiger charge is 2.33. The summed E-state index contributed by atoms with van der Waals surface area (Å²) in [5, 5.41) is 4.82. The molecule has 0 radical (unpaired) electrons. The minimum atomic E-state index is -0.187. The Morgan fingerprint density at radius 3 is 2.56 bits per heavy atom. The minimum Gasteiger partial charge on any atom is -0.497 e. The number of likely N-dealkylation sites (tertiary alicyclic amines) is 1. The van der Waals surface area contributed by atoms with E-state index in [0.717, 1.165) is 29.7 Å². The maximum atomic E-state index is 13.9. The van der Waals surface area contributed by atoms with Gasteiger partial charge in [-0.2, -0.15) is 5.10 Å². The van der Waals surface area contributed by atoms with Crippen LogP contribution in [0.3, 0.4) is 0 Å². The van der Waals surface area contributed by atoms with Crippen LogP contribution < -0.4 is 4.74 Å². The van der Waals surface area contributed by atoms with Crippen LogP contribution in [0.4, 0.5) is 0 Å². The van der Waals surface area contributed by atoms with Crippen molar-refractivity contribution in [3.05, 3.63) is 65.9 Å². The maximum absolute atomic E-state index is 13.9. The van der Waals surface area contributed by atoms with Crippen molar-refractivity contribution >= 4 is 11.8 Å². The largest absolute Gasteiger partial charge is 0.497 e. The van der Waals surface area contributed by atoms with Gasteiger partial charge in [0.2, 0.25) is 5.91 Å². The summed E-state index contributed by atoms with van der Waals surface area (Å²) in [7, 11) is 1.62. The van der Waals surface area contributed by atoms with E-state index in [9.17, 15) is 9.59 Å². The Morgan fingerprint density at radius 2 is 1.81 bits per heavy atom. The Kier molecular flexibility index (Phi) is 7.04. The van der Waals surface area contributed by atoms with Crippen molar-refractivity contribution < 1.29 is 19.1 Å². The molecule has 0 spiro atoms. The molecular formula is C28H32N4O4. The summed E-state index contributed by atoms with van der Waals surface area (Å²) >= 11 is 0. The number of methoxy groups -OCH3 is 1. The van der Waals surface area contributed by atoms with Gasteiger partial charge in [-0.15, -0.1) is 0 Å². The Labute approximate surface area is 211 Å². The zero-order valence-corrected chi connectivity index (χ0v) is 20.9. The van der Waals surface area contributed by atoms with E-state index in [4.69, 9.17) is 14.6 Å². The lowest BCUT2D eigenvalue weighted by atomic mass is 9.95. The number of amides is 2. The van der Waals surface area contributed by atoms with Crippen LogP contribution in [-0.4, -0.2) is 77.9 Å². The molecule has 2 aliphatic heterocycles. The molecule has 2 saturated heterocycles. The van der Waals surface area contributed by atoms with Crippen molar-refractivity contribution in [2.24, 2.45) is 5.92 Å². The van der Waals surface area contributed by atoms with Crippen LogP contribution in [0.2, 0.25) is 0 Å². The highest BCUT2D eigenvalue weighted by molar-refractivity contribution is 6.00. The molecule has 8 heteroatoms. The second-order valence-electron chi connectivity index (χ2n) is 9.43. The van der Waals surface area contributed by atoms with Crippen molar-refractivity contribution in [2.75, 3.05) is 46.5 Å². The summed E-state index contributed by atoms with van der Waals surface area (Å²) in [6.07, 6.45) is 3.40. The summed E-state index contributed by atoms with van der Waals surface area (Å²) in [5.74, 6) is 0.531. The zero-order valence-electron chi connectivity index (χ0n) is 20.9. The highest BCUT2D eigenvalue weighted by Crippen LogP contribution is 2.29. The average Bonchev–Trinajstić information content (AvgIpc) is 3.39. The van der Waals surface area contributed by atoms with Crippen LogP contribution in [0.1, 0.15) is 28.8 Å². The normalized spacial score (nSPS) is 18.2. The topological polar surface area (TPSA) is 76.9 Å². The van der Waals surface area contributed by atoms with Crippen molar-refractivity contribution in [3.63, 3.8) is 0 Å². The molecule has 36 heavy (non-hydrogen) atoms. The Bertz CT molecular complexity index is 1230. The molecule has 0 saturated carbocycles. The first-order valence-corrected chi connectivity index (χ1v) is 12.5. The lowest BCUT2D eigenvalue weighted by Crippen LogP contribution is -2.49. The number of nitrogens with zero attached hydrogens (tertiary/aromatic N) is 4. The number of aryl methyl sites for hydroxylation is 1. The summed E-state index contributed by atoms with van der Waals surface area (Å²) in [6, 6.07) is 15.6. The quantitative estimate of drug-likeness (QED) is 0.549. The Morgan fingerprint density at radius 1 is 1.03 bits per heavy atom. The SMILES string of the molecule is COc1cccc(-c2nn(-c3ccc(C)cc3)cc2C(=O)N2CCCC(C(=O)N3CCOCC3)C2)c1. The second kappa shape index (κ2) is 10.5. The van der Waals surface area contributed by atoms with E-state index in [2.05, 4.69) is 0 Å². The van der Waals surface area contributed by atoms with E-state index in [-0.39, 0.29) is 17.7 Å². The molecule has 3 heterocycles. The lowest BCUT2D eigenvalue weighted by molar-refractivity contribution is -0.141. The molecule has 1 unspecified atom stereocenters. The summed E-state index contributed by atoms with van der Waals surface area (Å²) in [6.45, 7) is 5.46. The number of aromatic nitrogens is 2. The van der Waals surface area contributed by atoms with Gasteiger partial charge in [0.15, 0.2) is 0 Å². The first-order chi connectivity index (χ1) is 17.5. The standard InChI is InChI=1S/C28H32N4O4/c1-20-8-10-23(11-9-20)32-19-25(26(29-32)21-5-3-7-24(17-21)35-2)28(34)31-12-4-6-22(18-31)27(33)30-13-15-36-16-14-30/h3,5,7-11,17,19,22H,4,6,12-16,18H2,1-2H3. The van der Waals surface area contributed by atoms with Gasteiger partial charge in [-0.25, -0.2) is 4.68 Å². The molecule has 188 valence electrons. The molecule has 0 N–H and O–H groups in total. The third-order valence-electron chi connectivity index (χ3n) is 6.97. The van der Waals surface area contributed by atoms with Gasteiger partial charge < -0.3 is 19.3 Å². The molecule has 5 rings (SSSR count). The van der Waals surface area contributed by atoms with Gasteiger partial charge in [-0.3, -0.25) is 9.59 Å². The number of hydrogen-bond donors (Lipinski definition) is 0. The van der Waals surface area contributed by atoms with Crippen LogP contribution in [0.5, 0.6) is 5.75 Å². The molecule has 2 aliphatic rings. The van der Waals surface area contributed by atoms with Crippen molar-refractivity contribution in [1.29, 1.82) is 0 Å². The fourth-order valence-corrected chi connectivity index (χ4v) is 4.92. The molecule has 2 amide bonds. The van der Waals surface area contributed by atoms with Gasteiger partial charge in [-0.05, 0) is 44.0 Å². The van der Waals surface area contributed by atoms with Crippen molar-refractivity contribution in [2.45, 2.75) is 19.8 Å². The van der Waals surface area contributed by atoms with Crippen LogP contribution in [-0.2, 0) is 9.53 Å². The van der Waals surface area contributed by atoms with Gasteiger partial charge >= 0.3 is 0 Å². The predicted octanol–water partition coefficient (Wildman–Crippen LogP) is 3.57. The first kappa shape index (κ1) is 24.1. The summed E-state index contributed by atoms with van der Waals surface area (Å²) < 4.78 is 12.6. The zero-order chi connectivity index (χ0) is 25.1. The number of carbonyl (C=O) groups excluding carboxylic acids is 2. The summed E-state index contributed by atoms with van der Waals surface area (Å²) in [5.41, 5.74) is 3.95. The Hall–Kier alpha value is -3.65. The van der Waals surface area contributed by atoms with E-state index in [1.807, 2.05) is 65.3 Å². The molecule has 1 atom stereocenters. The number of piperidine rings is 1. The van der Waals surface area contributed by atoms with Crippen LogP contribution >= 0.6 is 0 Å². The van der Waals surface area contributed by atoms with Gasteiger partial charge in [0.1, 0.15) is 11.4 Å². The molecule has 2 aromatic carbocycles. The smallest absolute Gasteiger partial charge is 0.257 e. The van der Waals surface area contributed by atoms with E-state index in [0.29, 0.717) is 56.4 Å². The number of benzene rings is 2. The molecule has 0 aliphatic carbocycles. The van der Waals surface area contributed by atoms with Gasteiger partial charge in [0.05, 0.1) is 37.5 Å². The van der Waals surface area contributed by atoms with Gasteiger partial charge in [0, 0.05) is 37.9 Å². The van der Waals surface area contributed by atoms with E-state index in [1.165, 1.54) is 0 Å². The summed E-state index contributed by atoms with van der Waals surface area (Å²) in [4.78, 5) is 30.7. The monoisotopic (exact) mass is 488 g/mol. The fourth-order valence-electron chi connectivity index (χ4n) is 4.92.